The standard InChI is InChI=1S/C52H35NS/c1-4-14-36(15-5-1)37-26-30-42(31-27-37)53(43-32-28-41(29-33-43)45-23-12-21-38-20-10-11-22-44(38)45)49-25-13-24-48-50-46(39-16-6-2-7-17-39)34-35-47(52(50)54-51(48)49)40-18-8-3-9-19-40/h1-35H. The second kappa shape index (κ2) is 13.7. The fraction of sp³-hybridized carbons (Fsp3) is 0. The average molecular weight is 706 g/mol. The van der Waals surface area contributed by atoms with Crippen molar-refractivity contribution in [2.75, 3.05) is 4.90 Å². The van der Waals surface area contributed by atoms with Crippen LogP contribution in [-0.4, -0.2) is 0 Å². The van der Waals surface area contributed by atoms with E-state index in [4.69, 9.17) is 0 Å². The molecule has 0 radical (unpaired) electrons. The number of nitrogens with zero attached hydrogens (tertiary/aromatic N) is 1. The van der Waals surface area contributed by atoms with Crippen LogP contribution in [0.2, 0.25) is 0 Å². The molecule has 10 rings (SSSR count). The maximum absolute atomic E-state index is 2.43. The van der Waals surface area contributed by atoms with E-state index in [1.165, 1.54) is 75.5 Å². The van der Waals surface area contributed by atoms with Crippen molar-refractivity contribution in [3.8, 4) is 44.5 Å². The topological polar surface area (TPSA) is 3.24 Å². The Bertz CT molecular complexity index is 2890. The minimum atomic E-state index is 1.11. The maximum atomic E-state index is 2.43. The van der Waals surface area contributed by atoms with Gasteiger partial charge in [-0.2, -0.15) is 0 Å². The Hall–Kier alpha value is -6.74. The van der Waals surface area contributed by atoms with Crippen LogP contribution >= 0.6 is 11.3 Å². The molecule has 0 saturated heterocycles. The van der Waals surface area contributed by atoms with Crippen LogP contribution in [0.5, 0.6) is 0 Å². The molecule has 0 unspecified atom stereocenters. The van der Waals surface area contributed by atoms with Crippen LogP contribution in [0.3, 0.4) is 0 Å². The zero-order valence-corrected chi connectivity index (χ0v) is 30.4. The van der Waals surface area contributed by atoms with E-state index in [1.807, 2.05) is 11.3 Å². The summed E-state index contributed by atoms with van der Waals surface area (Å²) in [4.78, 5) is 2.43. The molecule has 0 aliphatic rings. The number of hydrogen-bond donors (Lipinski definition) is 0. The molecule has 0 bridgehead atoms. The van der Waals surface area contributed by atoms with Crippen molar-refractivity contribution < 1.29 is 0 Å². The minimum Gasteiger partial charge on any atom is -0.309 e. The van der Waals surface area contributed by atoms with Crippen LogP contribution in [0.4, 0.5) is 17.1 Å². The highest BCUT2D eigenvalue weighted by molar-refractivity contribution is 7.27. The van der Waals surface area contributed by atoms with Crippen LogP contribution in [0.15, 0.2) is 212 Å². The van der Waals surface area contributed by atoms with Gasteiger partial charge in [-0.05, 0) is 85.6 Å². The first-order valence-electron chi connectivity index (χ1n) is 18.4. The number of thiophene rings is 1. The molecule has 10 aromatic rings. The van der Waals surface area contributed by atoms with E-state index in [2.05, 4.69) is 217 Å². The first-order chi connectivity index (χ1) is 26.8. The normalized spacial score (nSPS) is 11.3. The Morgan fingerprint density at radius 3 is 1.46 bits per heavy atom. The molecule has 9 aromatic carbocycles. The van der Waals surface area contributed by atoms with Crippen LogP contribution in [0, 0.1) is 0 Å². The third-order valence-corrected chi connectivity index (χ3v) is 11.8. The van der Waals surface area contributed by atoms with E-state index in [-0.39, 0.29) is 0 Å². The summed E-state index contributed by atoms with van der Waals surface area (Å²) in [6, 6.07) is 77.0. The summed E-state index contributed by atoms with van der Waals surface area (Å²) in [5.41, 5.74) is 13.2. The molecule has 0 saturated carbocycles. The van der Waals surface area contributed by atoms with Gasteiger partial charge >= 0.3 is 0 Å². The van der Waals surface area contributed by atoms with Crippen molar-refractivity contribution in [1.82, 2.24) is 0 Å². The fourth-order valence-corrected chi connectivity index (χ4v) is 9.26. The number of benzene rings is 9. The molecular weight excluding hydrogens is 671 g/mol. The van der Waals surface area contributed by atoms with E-state index >= 15 is 0 Å². The summed E-state index contributed by atoms with van der Waals surface area (Å²) in [5.74, 6) is 0. The highest BCUT2D eigenvalue weighted by atomic mass is 32.1. The number of rotatable bonds is 7. The fourth-order valence-electron chi connectivity index (χ4n) is 7.89. The Morgan fingerprint density at radius 1 is 0.296 bits per heavy atom. The summed E-state index contributed by atoms with van der Waals surface area (Å²) in [6.45, 7) is 0. The molecule has 0 spiro atoms. The first-order valence-corrected chi connectivity index (χ1v) is 19.2. The molecule has 1 nitrogen and oxygen atoms in total. The quantitative estimate of drug-likeness (QED) is 0.160. The van der Waals surface area contributed by atoms with Gasteiger partial charge in [0.15, 0.2) is 0 Å². The molecule has 254 valence electrons. The lowest BCUT2D eigenvalue weighted by Crippen LogP contribution is -2.10. The lowest BCUT2D eigenvalue weighted by molar-refractivity contribution is 1.30. The second-order valence-electron chi connectivity index (χ2n) is 13.7. The monoisotopic (exact) mass is 705 g/mol. The Balaban J connectivity index is 1.19. The number of fused-ring (bicyclic) bond motifs is 4. The third kappa shape index (κ3) is 5.65. The SMILES string of the molecule is c1ccc(-c2ccc(N(c3ccc(-c4cccc5ccccc45)cc3)c3cccc4c3sc3c(-c5ccccc5)ccc(-c5ccccc5)c34)cc2)cc1. The molecular formula is C52H35NS. The molecule has 1 heterocycles. The van der Waals surface area contributed by atoms with Gasteiger partial charge in [-0.1, -0.05) is 182 Å². The van der Waals surface area contributed by atoms with Gasteiger partial charge < -0.3 is 4.90 Å². The van der Waals surface area contributed by atoms with Gasteiger partial charge in [-0.25, -0.2) is 0 Å². The highest BCUT2D eigenvalue weighted by Crippen LogP contribution is 2.50. The molecule has 1 aromatic heterocycles. The van der Waals surface area contributed by atoms with Crippen molar-refractivity contribution in [1.29, 1.82) is 0 Å². The van der Waals surface area contributed by atoms with Crippen molar-refractivity contribution in [3.05, 3.63) is 212 Å². The van der Waals surface area contributed by atoms with Crippen molar-refractivity contribution >= 4 is 59.3 Å². The predicted molar refractivity (Wildman–Crippen MR) is 233 cm³/mol. The van der Waals surface area contributed by atoms with Crippen molar-refractivity contribution in [3.63, 3.8) is 0 Å². The maximum Gasteiger partial charge on any atom is 0.0640 e. The molecule has 2 heteroatoms. The minimum absolute atomic E-state index is 1.11. The molecule has 0 fully saturated rings. The third-order valence-electron chi connectivity index (χ3n) is 10.5. The second-order valence-corrected chi connectivity index (χ2v) is 14.7. The van der Waals surface area contributed by atoms with Gasteiger partial charge in [-0.15, -0.1) is 11.3 Å². The zero-order valence-electron chi connectivity index (χ0n) is 29.6. The van der Waals surface area contributed by atoms with E-state index < -0.39 is 0 Å². The molecule has 0 aliphatic heterocycles. The summed E-state index contributed by atoms with van der Waals surface area (Å²) in [6.07, 6.45) is 0. The smallest absolute Gasteiger partial charge is 0.0640 e. The first kappa shape index (κ1) is 32.0. The summed E-state index contributed by atoms with van der Waals surface area (Å²) in [7, 11) is 0. The van der Waals surface area contributed by atoms with E-state index in [9.17, 15) is 0 Å². The Labute approximate surface area is 319 Å². The van der Waals surface area contributed by atoms with E-state index in [0.717, 1.165) is 17.1 Å². The van der Waals surface area contributed by atoms with Gasteiger partial charge in [0, 0.05) is 26.8 Å². The average Bonchev–Trinajstić information content (AvgIpc) is 3.65. The van der Waals surface area contributed by atoms with Gasteiger partial charge in [0.25, 0.3) is 0 Å². The van der Waals surface area contributed by atoms with Crippen molar-refractivity contribution in [2.24, 2.45) is 0 Å². The van der Waals surface area contributed by atoms with Crippen LogP contribution in [0.1, 0.15) is 0 Å². The molecule has 54 heavy (non-hydrogen) atoms. The molecule has 0 N–H and O–H groups in total. The van der Waals surface area contributed by atoms with Crippen molar-refractivity contribution in [2.45, 2.75) is 0 Å². The van der Waals surface area contributed by atoms with Crippen LogP contribution < -0.4 is 4.90 Å². The molecule has 0 atom stereocenters. The Kier molecular flexibility index (Phi) is 8.09. The largest absolute Gasteiger partial charge is 0.309 e. The number of hydrogen-bond acceptors (Lipinski definition) is 2. The van der Waals surface area contributed by atoms with Gasteiger partial charge in [0.05, 0.1) is 10.4 Å². The Morgan fingerprint density at radius 2 is 0.778 bits per heavy atom. The van der Waals surface area contributed by atoms with E-state index in [0.29, 0.717) is 0 Å². The lowest BCUT2D eigenvalue weighted by Gasteiger charge is -2.26. The van der Waals surface area contributed by atoms with Crippen LogP contribution in [-0.2, 0) is 0 Å². The highest BCUT2D eigenvalue weighted by Gasteiger charge is 2.22. The summed E-state index contributed by atoms with van der Waals surface area (Å²) >= 11 is 1.90. The number of anilines is 3. The predicted octanol–water partition coefficient (Wildman–Crippen LogP) is 15.3. The van der Waals surface area contributed by atoms with E-state index in [1.54, 1.807) is 0 Å². The summed E-state index contributed by atoms with van der Waals surface area (Å²) in [5, 5.41) is 5.08. The van der Waals surface area contributed by atoms with Gasteiger partial charge in [-0.3, -0.25) is 0 Å². The van der Waals surface area contributed by atoms with Crippen LogP contribution in [0.25, 0.3) is 75.5 Å². The van der Waals surface area contributed by atoms with Gasteiger partial charge in [0.1, 0.15) is 0 Å². The zero-order chi connectivity index (χ0) is 35.8. The van der Waals surface area contributed by atoms with Gasteiger partial charge in [0.2, 0.25) is 0 Å². The molecule has 0 aliphatic carbocycles. The summed E-state index contributed by atoms with van der Waals surface area (Å²) < 4.78 is 2.56. The molecule has 0 amide bonds. The lowest BCUT2D eigenvalue weighted by atomic mass is 9.95.